The summed E-state index contributed by atoms with van der Waals surface area (Å²) in [5.74, 6) is -0.140. The van der Waals surface area contributed by atoms with E-state index in [1.54, 1.807) is 0 Å². The molecule has 2 N–H and O–H groups in total. The van der Waals surface area contributed by atoms with E-state index in [0.29, 0.717) is 18.7 Å². The van der Waals surface area contributed by atoms with Crippen molar-refractivity contribution in [2.45, 2.75) is 31.7 Å². The van der Waals surface area contributed by atoms with E-state index in [-0.39, 0.29) is 16.9 Å². The number of rotatable bonds is 3. The normalized spacial score (nSPS) is 16.2. The molecule has 1 atom stereocenters. The molecular formula is C19H21N5O3. The molecule has 1 amide bonds. The van der Waals surface area contributed by atoms with Gasteiger partial charge in [0.2, 0.25) is 5.91 Å². The number of aromatic nitrogens is 4. The summed E-state index contributed by atoms with van der Waals surface area (Å²) in [4.78, 5) is 44.4. The van der Waals surface area contributed by atoms with Crippen LogP contribution in [0.15, 0.2) is 46.2 Å². The van der Waals surface area contributed by atoms with E-state index in [1.165, 1.54) is 10.9 Å². The molecule has 1 aliphatic heterocycles. The number of likely N-dealkylation sites (tertiary alicyclic amines) is 1. The average Bonchev–Trinajstić information content (AvgIpc) is 2.90. The van der Waals surface area contributed by atoms with Crippen molar-refractivity contribution >= 4 is 16.9 Å². The van der Waals surface area contributed by atoms with Gasteiger partial charge in [-0.05, 0) is 18.4 Å². The van der Waals surface area contributed by atoms with Crippen molar-refractivity contribution in [2.75, 3.05) is 13.1 Å². The SMILES string of the molecule is O=C(C(c1ccccc1)n1cnc2[nH][nH]c(=O)c2c1=O)N1CCCCCC1. The second kappa shape index (κ2) is 7.22. The van der Waals surface area contributed by atoms with Gasteiger partial charge in [-0.25, -0.2) is 4.98 Å². The van der Waals surface area contributed by atoms with Crippen molar-refractivity contribution in [3.63, 3.8) is 0 Å². The fourth-order valence-corrected chi connectivity index (χ4v) is 3.65. The summed E-state index contributed by atoms with van der Waals surface area (Å²) < 4.78 is 1.27. The lowest BCUT2D eigenvalue weighted by Crippen LogP contribution is -2.41. The first kappa shape index (κ1) is 17.3. The highest BCUT2D eigenvalue weighted by molar-refractivity contribution is 5.84. The predicted molar refractivity (Wildman–Crippen MR) is 101 cm³/mol. The largest absolute Gasteiger partial charge is 0.341 e. The molecule has 0 bridgehead atoms. The van der Waals surface area contributed by atoms with Gasteiger partial charge in [-0.2, -0.15) is 0 Å². The van der Waals surface area contributed by atoms with Gasteiger partial charge in [0.05, 0.1) is 0 Å². The summed E-state index contributed by atoms with van der Waals surface area (Å²) in [6, 6.07) is 8.31. The van der Waals surface area contributed by atoms with Crippen LogP contribution < -0.4 is 11.1 Å². The maximum Gasteiger partial charge on any atom is 0.279 e. The summed E-state index contributed by atoms with van der Waals surface area (Å²) in [6.45, 7) is 1.36. The van der Waals surface area contributed by atoms with E-state index in [1.807, 2.05) is 35.2 Å². The molecule has 3 heterocycles. The highest BCUT2D eigenvalue weighted by atomic mass is 16.2. The zero-order valence-corrected chi connectivity index (χ0v) is 14.9. The van der Waals surface area contributed by atoms with Crippen LogP contribution in [0.5, 0.6) is 0 Å². The molecule has 140 valence electrons. The quantitative estimate of drug-likeness (QED) is 0.730. The minimum absolute atomic E-state index is 0.0675. The number of benzene rings is 1. The summed E-state index contributed by atoms with van der Waals surface area (Å²) in [6.07, 6.45) is 5.45. The van der Waals surface area contributed by atoms with Crippen molar-refractivity contribution in [3.8, 4) is 0 Å². The van der Waals surface area contributed by atoms with E-state index in [0.717, 1.165) is 25.7 Å². The minimum Gasteiger partial charge on any atom is -0.341 e. The smallest absolute Gasteiger partial charge is 0.279 e. The predicted octanol–water partition coefficient (Wildman–Crippen LogP) is 1.40. The molecule has 3 aromatic rings. The molecule has 1 aliphatic rings. The minimum atomic E-state index is -0.844. The van der Waals surface area contributed by atoms with Crippen LogP contribution in [0.1, 0.15) is 37.3 Å². The van der Waals surface area contributed by atoms with Crippen molar-refractivity contribution in [2.24, 2.45) is 0 Å². The number of amides is 1. The van der Waals surface area contributed by atoms with Gasteiger partial charge in [0.15, 0.2) is 11.0 Å². The number of hydrogen-bond acceptors (Lipinski definition) is 4. The van der Waals surface area contributed by atoms with Crippen LogP contribution in [0.25, 0.3) is 11.0 Å². The molecule has 0 radical (unpaired) electrons. The molecule has 0 spiro atoms. The molecule has 27 heavy (non-hydrogen) atoms. The van der Waals surface area contributed by atoms with Crippen LogP contribution in [0.3, 0.4) is 0 Å². The van der Waals surface area contributed by atoms with E-state index >= 15 is 0 Å². The van der Waals surface area contributed by atoms with Crippen molar-refractivity contribution in [1.29, 1.82) is 0 Å². The molecule has 1 saturated heterocycles. The third-order valence-corrected chi connectivity index (χ3v) is 5.06. The highest BCUT2D eigenvalue weighted by Crippen LogP contribution is 2.22. The Labute approximate surface area is 154 Å². The number of nitrogens with one attached hydrogen (secondary N) is 2. The van der Waals surface area contributed by atoms with E-state index in [2.05, 4.69) is 15.2 Å². The van der Waals surface area contributed by atoms with E-state index in [9.17, 15) is 14.4 Å². The number of aromatic amines is 2. The molecule has 0 saturated carbocycles. The van der Waals surface area contributed by atoms with Crippen LogP contribution in [0.2, 0.25) is 0 Å². The van der Waals surface area contributed by atoms with Gasteiger partial charge < -0.3 is 4.90 Å². The molecular weight excluding hydrogens is 346 g/mol. The monoisotopic (exact) mass is 367 g/mol. The number of nitrogens with zero attached hydrogens (tertiary/aromatic N) is 3. The van der Waals surface area contributed by atoms with Gasteiger partial charge >= 0.3 is 0 Å². The number of hydrogen-bond donors (Lipinski definition) is 2. The molecule has 8 heteroatoms. The molecule has 1 aromatic carbocycles. The van der Waals surface area contributed by atoms with E-state index in [4.69, 9.17) is 0 Å². The second-order valence-electron chi connectivity index (χ2n) is 6.81. The molecule has 2 aromatic heterocycles. The lowest BCUT2D eigenvalue weighted by Gasteiger charge is -2.27. The Morgan fingerprint density at radius 3 is 2.41 bits per heavy atom. The first-order valence-corrected chi connectivity index (χ1v) is 9.18. The van der Waals surface area contributed by atoms with Crippen molar-refractivity contribution < 1.29 is 4.79 Å². The number of fused-ring (bicyclic) bond motifs is 1. The van der Waals surface area contributed by atoms with Gasteiger partial charge in [0, 0.05) is 13.1 Å². The van der Waals surface area contributed by atoms with Gasteiger partial charge in [-0.15, -0.1) is 0 Å². The Balaban J connectivity index is 1.85. The van der Waals surface area contributed by atoms with Crippen molar-refractivity contribution in [3.05, 3.63) is 62.9 Å². The first-order valence-electron chi connectivity index (χ1n) is 9.18. The zero-order chi connectivity index (χ0) is 18.8. The van der Waals surface area contributed by atoms with Crippen LogP contribution >= 0.6 is 0 Å². The third-order valence-electron chi connectivity index (χ3n) is 5.06. The standard InChI is InChI=1S/C19H21N5O3/c25-17-14-16(21-22-17)20-12-24(18(14)26)15(13-8-4-3-5-9-13)19(27)23-10-6-1-2-7-11-23/h3-5,8-9,12,15H,1-2,6-7,10-11H2,(H2,21,22,25). The van der Waals surface area contributed by atoms with Gasteiger partial charge in [-0.3, -0.25) is 29.1 Å². The second-order valence-corrected chi connectivity index (χ2v) is 6.81. The molecule has 8 nitrogen and oxygen atoms in total. The fourth-order valence-electron chi connectivity index (χ4n) is 3.65. The Hall–Kier alpha value is -3.16. The van der Waals surface area contributed by atoms with Gasteiger partial charge in [-0.1, -0.05) is 43.2 Å². The van der Waals surface area contributed by atoms with E-state index < -0.39 is 17.2 Å². The Morgan fingerprint density at radius 2 is 1.70 bits per heavy atom. The van der Waals surface area contributed by atoms with Gasteiger partial charge in [0.1, 0.15) is 12.4 Å². The van der Waals surface area contributed by atoms with Crippen LogP contribution in [0, 0.1) is 0 Å². The fraction of sp³-hybridized carbons (Fsp3) is 0.368. The Kier molecular flexibility index (Phi) is 4.62. The van der Waals surface area contributed by atoms with Crippen molar-refractivity contribution in [1.82, 2.24) is 24.6 Å². The molecule has 4 rings (SSSR count). The average molecular weight is 367 g/mol. The third kappa shape index (κ3) is 3.18. The maximum absolute atomic E-state index is 13.4. The summed E-state index contributed by atoms with van der Waals surface area (Å²) in [7, 11) is 0. The lowest BCUT2D eigenvalue weighted by molar-refractivity contribution is -0.133. The Bertz CT molecular complexity index is 1060. The lowest BCUT2D eigenvalue weighted by atomic mass is 10.0. The molecule has 1 fully saturated rings. The topological polar surface area (TPSA) is 104 Å². The number of carbonyl (C=O) groups is 1. The molecule has 0 aliphatic carbocycles. The van der Waals surface area contributed by atoms with Crippen LogP contribution in [0.4, 0.5) is 0 Å². The Morgan fingerprint density at radius 1 is 1.00 bits per heavy atom. The van der Waals surface area contributed by atoms with Gasteiger partial charge in [0.25, 0.3) is 11.1 Å². The highest BCUT2D eigenvalue weighted by Gasteiger charge is 2.29. The summed E-state index contributed by atoms with van der Waals surface area (Å²) >= 11 is 0. The summed E-state index contributed by atoms with van der Waals surface area (Å²) in [5, 5.41) is 4.88. The maximum atomic E-state index is 13.4. The van der Waals surface area contributed by atoms with Crippen LogP contribution in [-0.2, 0) is 4.79 Å². The van der Waals surface area contributed by atoms with Crippen LogP contribution in [-0.4, -0.2) is 43.6 Å². The number of carbonyl (C=O) groups excluding carboxylic acids is 1. The number of H-pyrrole nitrogens is 2. The first-order chi connectivity index (χ1) is 13.2. The molecule has 1 unspecified atom stereocenters. The summed E-state index contributed by atoms with van der Waals surface area (Å²) in [5.41, 5.74) is -0.178. The zero-order valence-electron chi connectivity index (χ0n) is 14.9.